The first kappa shape index (κ1) is 12.9. The largest absolute Gasteiger partial charge is 0.346 e. The molecule has 3 heterocycles. The van der Waals surface area contributed by atoms with E-state index < -0.39 is 0 Å². The Hall–Kier alpha value is -1.76. The molecule has 0 bridgehead atoms. The number of nitrogens with zero attached hydrogens (tertiary/aromatic N) is 5. The molecule has 0 atom stereocenters. The summed E-state index contributed by atoms with van der Waals surface area (Å²) in [4.78, 5) is 14.3. The Morgan fingerprint density at radius 1 is 1.33 bits per heavy atom. The normalized spacial score (nSPS) is 17.9. The monoisotopic (exact) mass is 303 g/mol. The first-order valence-electron chi connectivity index (χ1n) is 7.34. The Labute approximate surface area is 126 Å². The summed E-state index contributed by atoms with van der Waals surface area (Å²) in [6, 6.07) is 1.78. The summed E-state index contributed by atoms with van der Waals surface area (Å²) in [5.74, 6) is 0.471. The Kier molecular flexibility index (Phi) is 3.02. The van der Waals surface area contributed by atoms with E-state index in [9.17, 15) is 4.79 Å². The van der Waals surface area contributed by atoms with Crippen molar-refractivity contribution in [3.63, 3.8) is 0 Å². The van der Waals surface area contributed by atoms with Gasteiger partial charge in [-0.1, -0.05) is 11.3 Å². The van der Waals surface area contributed by atoms with Crippen molar-refractivity contribution in [3.05, 3.63) is 32.7 Å². The Balaban J connectivity index is 1.43. The van der Waals surface area contributed by atoms with Crippen molar-refractivity contribution in [1.82, 2.24) is 20.0 Å². The van der Waals surface area contributed by atoms with Crippen LogP contribution in [0.1, 0.15) is 22.7 Å². The topological polar surface area (TPSA) is 63.9 Å². The van der Waals surface area contributed by atoms with Crippen LogP contribution in [0.15, 0.2) is 10.9 Å². The van der Waals surface area contributed by atoms with Gasteiger partial charge in [-0.2, -0.15) is 5.10 Å². The molecule has 2 aromatic rings. The van der Waals surface area contributed by atoms with Gasteiger partial charge in [0.15, 0.2) is 0 Å². The minimum atomic E-state index is 0.0425. The van der Waals surface area contributed by atoms with Crippen LogP contribution in [0.25, 0.3) is 0 Å². The average molecular weight is 303 g/mol. The van der Waals surface area contributed by atoms with E-state index in [0.717, 1.165) is 53.7 Å². The lowest BCUT2D eigenvalue weighted by Gasteiger charge is -2.38. The number of aromatic nitrogens is 4. The summed E-state index contributed by atoms with van der Waals surface area (Å²) in [5.41, 5.74) is 2.31. The van der Waals surface area contributed by atoms with Crippen LogP contribution in [0.5, 0.6) is 0 Å². The zero-order valence-electron chi connectivity index (χ0n) is 11.9. The lowest BCUT2D eigenvalue weighted by molar-refractivity contribution is 0.332. The quantitative estimate of drug-likeness (QED) is 0.847. The van der Waals surface area contributed by atoms with E-state index in [2.05, 4.69) is 20.2 Å². The summed E-state index contributed by atoms with van der Waals surface area (Å²) in [6.07, 6.45) is 3.14. The van der Waals surface area contributed by atoms with Gasteiger partial charge in [0, 0.05) is 25.1 Å². The van der Waals surface area contributed by atoms with Crippen LogP contribution in [0.4, 0.5) is 5.13 Å². The number of hydrogen-bond acceptors (Lipinski definition) is 6. The molecule has 0 spiro atoms. The standard InChI is InChI=1S/C14H17N5OS/c1-9-15-16-14(21-9)18-6-10(7-18)8-19-13(20)5-11-3-2-4-12(11)17-19/h5,10H,2-4,6-8H2,1H3. The molecule has 2 aromatic heterocycles. The fraction of sp³-hybridized carbons (Fsp3) is 0.571. The van der Waals surface area contributed by atoms with E-state index in [1.165, 1.54) is 0 Å². The maximum absolute atomic E-state index is 12.1. The molecule has 1 saturated heterocycles. The van der Waals surface area contributed by atoms with Crippen LogP contribution in [0.2, 0.25) is 0 Å². The summed E-state index contributed by atoms with van der Waals surface area (Å²) < 4.78 is 1.65. The third-order valence-electron chi connectivity index (χ3n) is 4.20. The maximum Gasteiger partial charge on any atom is 0.267 e. The molecule has 110 valence electrons. The first-order chi connectivity index (χ1) is 10.2. The highest BCUT2D eigenvalue weighted by atomic mass is 32.1. The van der Waals surface area contributed by atoms with Crippen molar-refractivity contribution in [2.75, 3.05) is 18.0 Å². The van der Waals surface area contributed by atoms with Gasteiger partial charge in [0.1, 0.15) is 5.01 Å². The van der Waals surface area contributed by atoms with Gasteiger partial charge >= 0.3 is 0 Å². The zero-order valence-corrected chi connectivity index (χ0v) is 12.8. The van der Waals surface area contributed by atoms with E-state index in [1.807, 2.05) is 6.92 Å². The van der Waals surface area contributed by atoms with Crippen molar-refractivity contribution < 1.29 is 0 Å². The fourth-order valence-electron chi connectivity index (χ4n) is 3.07. The predicted octanol–water partition coefficient (Wildman–Crippen LogP) is 1.03. The molecule has 2 aliphatic rings. The highest BCUT2D eigenvalue weighted by Crippen LogP contribution is 2.28. The Bertz CT molecular complexity index is 731. The van der Waals surface area contributed by atoms with Crippen molar-refractivity contribution in [3.8, 4) is 0 Å². The lowest BCUT2D eigenvalue weighted by Crippen LogP contribution is -2.49. The van der Waals surface area contributed by atoms with Crippen LogP contribution in [0.3, 0.4) is 0 Å². The van der Waals surface area contributed by atoms with Crippen LogP contribution in [0, 0.1) is 12.8 Å². The van der Waals surface area contributed by atoms with E-state index in [0.29, 0.717) is 12.5 Å². The van der Waals surface area contributed by atoms with Gasteiger partial charge in [-0.3, -0.25) is 4.79 Å². The van der Waals surface area contributed by atoms with Gasteiger partial charge in [-0.15, -0.1) is 10.2 Å². The summed E-state index contributed by atoms with van der Waals surface area (Å²) >= 11 is 1.62. The number of hydrogen-bond donors (Lipinski definition) is 0. The number of fused-ring (bicyclic) bond motifs is 1. The van der Waals surface area contributed by atoms with Gasteiger partial charge in [0.25, 0.3) is 5.56 Å². The van der Waals surface area contributed by atoms with Crippen molar-refractivity contribution in [1.29, 1.82) is 0 Å². The SMILES string of the molecule is Cc1nnc(N2CC(Cn3nc4c(cc3=O)CCC4)C2)s1. The van der Waals surface area contributed by atoms with Gasteiger partial charge < -0.3 is 4.90 Å². The second-order valence-electron chi connectivity index (χ2n) is 5.86. The number of anilines is 1. The predicted molar refractivity (Wildman–Crippen MR) is 80.9 cm³/mol. The molecule has 0 unspecified atom stereocenters. The van der Waals surface area contributed by atoms with Gasteiger partial charge in [-0.25, -0.2) is 4.68 Å². The lowest BCUT2D eigenvalue weighted by atomic mass is 10.0. The number of aryl methyl sites for hydroxylation is 3. The molecular weight excluding hydrogens is 286 g/mol. The third-order valence-corrected chi connectivity index (χ3v) is 5.10. The Morgan fingerprint density at radius 3 is 2.95 bits per heavy atom. The second-order valence-corrected chi connectivity index (χ2v) is 7.02. The van der Waals surface area contributed by atoms with Crippen LogP contribution in [-0.4, -0.2) is 33.1 Å². The summed E-state index contributed by atoms with van der Waals surface area (Å²) in [5, 5.41) is 14.7. The minimum Gasteiger partial charge on any atom is -0.346 e. The average Bonchev–Trinajstić information content (AvgIpc) is 3.01. The van der Waals surface area contributed by atoms with Crippen LogP contribution < -0.4 is 10.5 Å². The molecule has 0 saturated carbocycles. The molecule has 6 nitrogen and oxygen atoms in total. The van der Waals surface area contributed by atoms with Crippen molar-refractivity contribution in [2.45, 2.75) is 32.7 Å². The molecule has 1 fully saturated rings. The molecule has 0 radical (unpaired) electrons. The minimum absolute atomic E-state index is 0.0425. The molecule has 21 heavy (non-hydrogen) atoms. The van der Waals surface area contributed by atoms with Gasteiger partial charge in [0.2, 0.25) is 5.13 Å². The highest BCUT2D eigenvalue weighted by molar-refractivity contribution is 7.15. The van der Waals surface area contributed by atoms with E-state index in [-0.39, 0.29) is 5.56 Å². The number of rotatable bonds is 3. The summed E-state index contributed by atoms with van der Waals surface area (Å²) in [6.45, 7) is 4.53. The smallest absolute Gasteiger partial charge is 0.267 e. The van der Waals surface area contributed by atoms with Crippen molar-refractivity contribution in [2.24, 2.45) is 5.92 Å². The summed E-state index contributed by atoms with van der Waals surface area (Å²) in [7, 11) is 0. The molecule has 1 aliphatic heterocycles. The molecule has 4 rings (SSSR count). The van der Waals surface area contributed by atoms with E-state index >= 15 is 0 Å². The highest BCUT2D eigenvalue weighted by Gasteiger charge is 2.30. The zero-order chi connectivity index (χ0) is 14.4. The molecule has 1 aliphatic carbocycles. The molecular formula is C14H17N5OS. The third kappa shape index (κ3) is 2.35. The second kappa shape index (κ2) is 4.91. The maximum atomic E-state index is 12.1. The van der Waals surface area contributed by atoms with E-state index in [1.54, 1.807) is 22.1 Å². The first-order valence-corrected chi connectivity index (χ1v) is 8.15. The van der Waals surface area contributed by atoms with Crippen LogP contribution >= 0.6 is 11.3 Å². The molecule has 7 heteroatoms. The van der Waals surface area contributed by atoms with Crippen LogP contribution in [-0.2, 0) is 19.4 Å². The van der Waals surface area contributed by atoms with Gasteiger partial charge in [0.05, 0.1) is 12.2 Å². The van der Waals surface area contributed by atoms with E-state index in [4.69, 9.17) is 0 Å². The molecule has 0 N–H and O–H groups in total. The Morgan fingerprint density at radius 2 is 2.19 bits per heavy atom. The van der Waals surface area contributed by atoms with Crippen molar-refractivity contribution >= 4 is 16.5 Å². The van der Waals surface area contributed by atoms with Gasteiger partial charge in [-0.05, 0) is 31.7 Å². The molecule has 0 amide bonds. The molecule has 0 aromatic carbocycles. The fourth-order valence-corrected chi connectivity index (χ4v) is 3.78.